The van der Waals surface area contributed by atoms with E-state index in [1.54, 1.807) is 4.90 Å². The Labute approximate surface area is 147 Å². The molecular weight excluding hydrogens is 387 g/mol. The molecule has 2 unspecified atom stereocenters. The molecule has 0 aromatic carbocycles. The second-order valence-electron chi connectivity index (χ2n) is 4.95. The number of hydrogen-bond donors (Lipinski definition) is 3. The molecule has 0 saturated heterocycles. The Balaban J connectivity index is 3.98. The molecule has 9 nitrogen and oxygen atoms in total. The van der Waals surface area contributed by atoms with Gasteiger partial charge in [-0.3, -0.25) is 14.2 Å². The fraction of sp³-hybridized carbons (Fsp3) is 0.917. The standard InChI is InChI=1S/C12H24F2NO8PS/c13-12(14,25(19,20)21)11(24)23-10(18)2-1-8-22-9-5-15(3-6-16)4-7-17/h11,16-17H,1-9,24H2,(H,19,20,21). The van der Waals surface area contributed by atoms with Gasteiger partial charge in [-0.15, -0.1) is 0 Å². The van der Waals surface area contributed by atoms with Gasteiger partial charge in [-0.25, -0.2) is 0 Å². The van der Waals surface area contributed by atoms with Gasteiger partial charge in [-0.1, -0.05) is 9.24 Å². The lowest BCUT2D eigenvalue weighted by Crippen LogP contribution is -2.40. The van der Waals surface area contributed by atoms with Gasteiger partial charge in [0.25, 0.3) is 0 Å². The summed E-state index contributed by atoms with van der Waals surface area (Å²) in [6.45, 7) is 1.52. The lowest BCUT2D eigenvalue weighted by Gasteiger charge is -2.20. The minimum absolute atomic E-state index is 0.0593. The molecule has 0 aliphatic heterocycles. The molecule has 0 aromatic heterocycles. The number of halogens is 2. The first-order valence-corrected chi connectivity index (χ1v) is 9.48. The topological polar surface area (TPSA) is 134 Å². The van der Waals surface area contributed by atoms with Crippen molar-refractivity contribution in [2.75, 3.05) is 46.1 Å². The summed E-state index contributed by atoms with van der Waals surface area (Å²) in [6.07, 6.45) is -0.114. The van der Waals surface area contributed by atoms with Gasteiger partial charge in [0.2, 0.25) is 0 Å². The molecule has 150 valence electrons. The molecule has 0 radical (unpaired) electrons. The van der Waals surface area contributed by atoms with Crippen molar-refractivity contribution < 1.29 is 46.2 Å². The zero-order valence-corrected chi connectivity index (χ0v) is 15.5. The van der Waals surface area contributed by atoms with E-state index in [2.05, 4.69) is 4.74 Å². The minimum Gasteiger partial charge on any atom is -0.451 e. The molecule has 0 rings (SSSR count). The van der Waals surface area contributed by atoms with Crippen molar-refractivity contribution in [3.63, 3.8) is 0 Å². The first-order valence-electron chi connectivity index (χ1n) is 7.38. The van der Waals surface area contributed by atoms with Gasteiger partial charge in [0, 0.05) is 32.7 Å². The molecule has 0 spiro atoms. The van der Waals surface area contributed by atoms with Gasteiger partial charge in [0.05, 0.1) is 19.8 Å². The van der Waals surface area contributed by atoms with E-state index in [-0.39, 0.29) is 39.3 Å². The van der Waals surface area contributed by atoms with Crippen LogP contribution in [0.25, 0.3) is 0 Å². The number of aliphatic hydroxyl groups excluding tert-OH is 2. The zero-order chi connectivity index (χ0) is 19.5. The van der Waals surface area contributed by atoms with E-state index >= 15 is 0 Å². The molecule has 0 fully saturated rings. The summed E-state index contributed by atoms with van der Waals surface area (Å²) in [6, 6.07) is 0. The van der Waals surface area contributed by atoms with Crippen LogP contribution in [0.15, 0.2) is 0 Å². The Bertz CT molecular complexity index is 488. The van der Waals surface area contributed by atoms with Crippen LogP contribution in [0, 0.1) is 0 Å². The molecule has 3 N–H and O–H groups in total. The lowest BCUT2D eigenvalue weighted by molar-refractivity contribution is -0.153. The largest absolute Gasteiger partial charge is 0.451 e. The van der Waals surface area contributed by atoms with Gasteiger partial charge in [0.1, 0.15) is 0 Å². The number of carbonyl (C=O) groups is 1. The van der Waals surface area contributed by atoms with Crippen LogP contribution in [0.3, 0.4) is 0 Å². The maximum absolute atomic E-state index is 13.2. The van der Waals surface area contributed by atoms with Crippen LogP contribution < -0.4 is 0 Å². The average molecular weight is 411 g/mol. The quantitative estimate of drug-likeness (QED) is 0.147. The number of ether oxygens (including phenoxy) is 2. The van der Waals surface area contributed by atoms with Crippen LogP contribution in [0.2, 0.25) is 0 Å². The Morgan fingerprint density at radius 2 is 1.72 bits per heavy atom. The fourth-order valence-electron chi connectivity index (χ4n) is 1.65. The van der Waals surface area contributed by atoms with E-state index < -0.39 is 27.2 Å². The maximum Gasteiger partial charge on any atom is 0.408 e. The van der Waals surface area contributed by atoms with Gasteiger partial charge in [-0.2, -0.15) is 17.2 Å². The highest BCUT2D eigenvalue weighted by molar-refractivity contribution is 7.87. The van der Waals surface area contributed by atoms with E-state index in [0.29, 0.717) is 19.6 Å². The summed E-state index contributed by atoms with van der Waals surface area (Å²) < 4.78 is 65.2. The molecule has 0 heterocycles. The summed E-state index contributed by atoms with van der Waals surface area (Å²) in [5.41, 5.74) is 0. The monoisotopic (exact) mass is 411 g/mol. The van der Waals surface area contributed by atoms with Crippen molar-refractivity contribution in [3.05, 3.63) is 0 Å². The highest BCUT2D eigenvalue weighted by atomic mass is 32.2. The van der Waals surface area contributed by atoms with E-state index in [1.165, 1.54) is 9.24 Å². The fourth-order valence-corrected chi connectivity index (χ4v) is 2.66. The highest BCUT2D eigenvalue weighted by Crippen LogP contribution is 2.31. The Morgan fingerprint density at radius 3 is 2.20 bits per heavy atom. The van der Waals surface area contributed by atoms with Crippen LogP contribution in [-0.4, -0.2) is 91.2 Å². The molecule has 13 heteroatoms. The Kier molecular flexibility index (Phi) is 11.8. The summed E-state index contributed by atoms with van der Waals surface area (Å²) in [4.78, 5) is 13.1. The molecular formula is C12H24F2NO8PS. The average Bonchev–Trinajstić information content (AvgIpc) is 2.49. The molecule has 25 heavy (non-hydrogen) atoms. The van der Waals surface area contributed by atoms with E-state index in [4.69, 9.17) is 19.5 Å². The third-order valence-electron chi connectivity index (χ3n) is 2.99. The first kappa shape index (κ1) is 24.5. The van der Waals surface area contributed by atoms with Crippen LogP contribution in [0.5, 0.6) is 0 Å². The van der Waals surface area contributed by atoms with Crippen molar-refractivity contribution in [1.29, 1.82) is 0 Å². The van der Waals surface area contributed by atoms with E-state index in [1.807, 2.05) is 0 Å². The Hall–Kier alpha value is -0.490. The molecule has 2 atom stereocenters. The second-order valence-corrected chi connectivity index (χ2v) is 7.05. The summed E-state index contributed by atoms with van der Waals surface area (Å²) in [7, 11) is -4.34. The van der Waals surface area contributed by atoms with Crippen LogP contribution in [0.1, 0.15) is 12.8 Å². The number of alkyl halides is 2. The molecule has 0 amide bonds. The van der Waals surface area contributed by atoms with Crippen molar-refractivity contribution in [1.82, 2.24) is 4.90 Å². The molecule has 0 aromatic rings. The number of carbonyl (C=O) groups excluding carboxylic acids is 1. The summed E-state index contributed by atoms with van der Waals surface area (Å²) >= 11 is 0. The number of esters is 1. The predicted molar refractivity (Wildman–Crippen MR) is 86.8 cm³/mol. The van der Waals surface area contributed by atoms with Gasteiger partial charge < -0.3 is 19.7 Å². The van der Waals surface area contributed by atoms with Crippen molar-refractivity contribution in [3.8, 4) is 0 Å². The highest BCUT2D eigenvalue weighted by Gasteiger charge is 2.52. The van der Waals surface area contributed by atoms with Crippen LogP contribution >= 0.6 is 9.24 Å². The smallest absolute Gasteiger partial charge is 0.408 e. The number of hydrogen-bond acceptors (Lipinski definition) is 8. The first-order chi connectivity index (χ1) is 11.6. The maximum atomic E-state index is 13.2. The van der Waals surface area contributed by atoms with Crippen molar-refractivity contribution >= 4 is 25.3 Å². The summed E-state index contributed by atoms with van der Waals surface area (Å²) in [5.74, 6) is -3.46. The molecule has 0 aliphatic carbocycles. The van der Waals surface area contributed by atoms with E-state index in [0.717, 1.165) is 0 Å². The minimum atomic E-state index is -5.69. The van der Waals surface area contributed by atoms with Gasteiger partial charge in [-0.05, 0) is 6.42 Å². The lowest BCUT2D eigenvalue weighted by atomic mass is 10.3. The second kappa shape index (κ2) is 12.0. The number of nitrogens with zero attached hydrogens (tertiary/aromatic N) is 1. The zero-order valence-electron chi connectivity index (χ0n) is 13.5. The normalized spacial score (nSPS) is 13.9. The van der Waals surface area contributed by atoms with E-state index in [9.17, 15) is 22.0 Å². The molecule has 0 bridgehead atoms. The van der Waals surface area contributed by atoms with Crippen molar-refractivity contribution in [2.45, 2.75) is 23.9 Å². The van der Waals surface area contributed by atoms with Gasteiger partial charge in [0.15, 0.2) is 5.85 Å². The molecule has 0 saturated carbocycles. The van der Waals surface area contributed by atoms with Crippen molar-refractivity contribution in [2.24, 2.45) is 0 Å². The van der Waals surface area contributed by atoms with Gasteiger partial charge >= 0.3 is 21.3 Å². The Morgan fingerprint density at radius 1 is 1.16 bits per heavy atom. The SMILES string of the molecule is O=C(CCCOCCN(CCO)CCO)OC(P)C(F)(F)S(=O)(=O)O. The summed E-state index contributed by atoms with van der Waals surface area (Å²) in [5, 5.41) is 13.0. The van der Waals surface area contributed by atoms with Crippen LogP contribution in [0.4, 0.5) is 8.78 Å². The third kappa shape index (κ3) is 9.69. The third-order valence-corrected chi connectivity index (χ3v) is 4.70. The number of aliphatic hydroxyl groups is 2. The molecule has 0 aliphatic rings. The predicted octanol–water partition coefficient (Wildman–Crippen LogP) is -0.705. The van der Waals surface area contributed by atoms with Crippen LogP contribution in [-0.2, 0) is 24.4 Å². The number of rotatable bonds is 14.